The Balaban J connectivity index is 1.40. The van der Waals surface area contributed by atoms with E-state index >= 15 is 0 Å². The number of nitrogens with zero attached hydrogens (tertiary/aromatic N) is 3. The van der Waals surface area contributed by atoms with Crippen molar-refractivity contribution < 1.29 is 8.91 Å². The molecule has 0 unspecified atom stereocenters. The van der Waals surface area contributed by atoms with Crippen LogP contribution in [0.1, 0.15) is 22.5 Å². The van der Waals surface area contributed by atoms with Gasteiger partial charge in [-0.15, -0.1) is 0 Å². The number of pyridine rings is 1. The Bertz CT molecular complexity index is 1180. The standard InChI is InChI=1S/C21H18FN5O2/c22-17-12-25-21(28)26-18(17)8-7-13-3-5-14(6-4-13)10-15-11-19(29-27-15)16-2-1-9-24-20(16)23/h1-6,9,11-12H,7-8,10H2,(H2,23,24)(H,25,26,28). The normalized spacial score (nSPS) is 10.9. The first-order chi connectivity index (χ1) is 14.1. The SMILES string of the molecule is Nc1ncccc1-c1cc(Cc2ccc(CCc3[nH]c(=O)ncc3F)cc2)no1. The Morgan fingerprint density at radius 1 is 1.07 bits per heavy atom. The lowest BCUT2D eigenvalue weighted by atomic mass is 10.0. The van der Waals surface area contributed by atoms with Crippen molar-refractivity contribution in [2.45, 2.75) is 19.3 Å². The van der Waals surface area contributed by atoms with Crippen LogP contribution in [0.5, 0.6) is 0 Å². The van der Waals surface area contributed by atoms with Crippen molar-refractivity contribution in [2.75, 3.05) is 5.73 Å². The fourth-order valence-corrected chi connectivity index (χ4v) is 3.05. The molecule has 29 heavy (non-hydrogen) atoms. The van der Waals surface area contributed by atoms with E-state index in [4.69, 9.17) is 10.3 Å². The fraction of sp³-hybridized carbons (Fsp3) is 0.143. The smallest absolute Gasteiger partial charge is 0.345 e. The topological polar surface area (TPSA) is 111 Å². The van der Waals surface area contributed by atoms with Crippen molar-refractivity contribution in [2.24, 2.45) is 0 Å². The number of benzene rings is 1. The number of hydrogen-bond donors (Lipinski definition) is 2. The van der Waals surface area contributed by atoms with Crippen LogP contribution in [0.25, 0.3) is 11.3 Å². The van der Waals surface area contributed by atoms with E-state index in [0.717, 1.165) is 23.0 Å². The summed E-state index contributed by atoms with van der Waals surface area (Å²) in [5.41, 5.74) is 9.19. The van der Waals surface area contributed by atoms with Gasteiger partial charge in [0.15, 0.2) is 11.6 Å². The van der Waals surface area contributed by atoms with Gasteiger partial charge in [0.2, 0.25) is 0 Å². The number of nitrogen functional groups attached to an aromatic ring is 1. The molecule has 3 N–H and O–H groups in total. The third-order valence-corrected chi connectivity index (χ3v) is 4.58. The molecule has 0 fully saturated rings. The average Bonchev–Trinajstić information content (AvgIpc) is 3.18. The monoisotopic (exact) mass is 391 g/mol. The Labute approximate surface area is 165 Å². The molecule has 4 aromatic rings. The Kier molecular flexibility index (Phi) is 5.15. The number of halogens is 1. The number of H-pyrrole nitrogens is 1. The van der Waals surface area contributed by atoms with Crippen LogP contribution in [0, 0.1) is 5.82 Å². The zero-order valence-electron chi connectivity index (χ0n) is 15.4. The molecule has 0 amide bonds. The van der Waals surface area contributed by atoms with Crippen LogP contribution in [0.15, 0.2) is 64.2 Å². The highest BCUT2D eigenvalue weighted by Crippen LogP contribution is 2.25. The summed E-state index contributed by atoms with van der Waals surface area (Å²) in [5.74, 6) is 0.472. The lowest BCUT2D eigenvalue weighted by Crippen LogP contribution is -2.14. The number of anilines is 1. The molecular formula is C21H18FN5O2. The van der Waals surface area contributed by atoms with Crippen molar-refractivity contribution >= 4 is 5.82 Å². The van der Waals surface area contributed by atoms with Crippen molar-refractivity contribution in [1.82, 2.24) is 20.1 Å². The summed E-state index contributed by atoms with van der Waals surface area (Å²) in [6.07, 6.45) is 4.17. The predicted molar refractivity (Wildman–Crippen MR) is 106 cm³/mol. The summed E-state index contributed by atoms with van der Waals surface area (Å²) >= 11 is 0. The lowest BCUT2D eigenvalue weighted by molar-refractivity contribution is 0.425. The molecule has 3 aromatic heterocycles. The van der Waals surface area contributed by atoms with Crippen LogP contribution in [-0.2, 0) is 19.3 Å². The molecule has 0 aliphatic carbocycles. The molecule has 1 aromatic carbocycles. The second-order valence-electron chi connectivity index (χ2n) is 6.63. The molecule has 0 saturated heterocycles. The molecule has 0 bridgehead atoms. The lowest BCUT2D eigenvalue weighted by Gasteiger charge is -2.04. The van der Waals surface area contributed by atoms with E-state index in [1.165, 1.54) is 0 Å². The number of rotatable bonds is 6. The zero-order valence-corrected chi connectivity index (χ0v) is 15.4. The van der Waals surface area contributed by atoms with Gasteiger partial charge in [-0.3, -0.25) is 0 Å². The maximum absolute atomic E-state index is 13.7. The zero-order chi connectivity index (χ0) is 20.2. The molecule has 0 atom stereocenters. The number of nitrogens with one attached hydrogen (secondary N) is 1. The maximum atomic E-state index is 13.7. The number of aryl methyl sites for hydroxylation is 2. The molecule has 3 heterocycles. The minimum atomic E-state index is -0.545. The molecule has 146 valence electrons. The van der Waals surface area contributed by atoms with Gasteiger partial charge in [-0.2, -0.15) is 4.98 Å². The summed E-state index contributed by atoms with van der Waals surface area (Å²) in [6, 6.07) is 13.4. The van der Waals surface area contributed by atoms with E-state index in [0.29, 0.717) is 36.4 Å². The molecule has 0 radical (unpaired) electrons. The van der Waals surface area contributed by atoms with E-state index in [2.05, 4.69) is 20.1 Å². The number of aromatic nitrogens is 4. The Morgan fingerprint density at radius 2 is 1.86 bits per heavy atom. The van der Waals surface area contributed by atoms with E-state index in [1.807, 2.05) is 36.4 Å². The van der Waals surface area contributed by atoms with Crippen LogP contribution in [0.2, 0.25) is 0 Å². The highest BCUT2D eigenvalue weighted by molar-refractivity contribution is 5.69. The summed E-state index contributed by atoms with van der Waals surface area (Å²) in [4.78, 5) is 21.1. The van der Waals surface area contributed by atoms with E-state index in [9.17, 15) is 9.18 Å². The molecule has 0 aliphatic heterocycles. The average molecular weight is 391 g/mol. The van der Waals surface area contributed by atoms with Crippen molar-refractivity contribution in [1.29, 1.82) is 0 Å². The minimum absolute atomic E-state index is 0.263. The van der Waals surface area contributed by atoms with Gasteiger partial charge in [0, 0.05) is 18.7 Å². The largest absolute Gasteiger partial charge is 0.383 e. The number of hydrogen-bond acceptors (Lipinski definition) is 6. The van der Waals surface area contributed by atoms with Crippen LogP contribution in [0.4, 0.5) is 10.2 Å². The second kappa shape index (κ2) is 8.05. The maximum Gasteiger partial charge on any atom is 0.345 e. The fourth-order valence-electron chi connectivity index (χ4n) is 3.05. The summed E-state index contributed by atoms with van der Waals surface area (Å²) < 4.78 is 19.1. The molecule has 0 spiro atoms. The van der Waals surface area contributed by atoms with Gasteiger partial charge in [-0.1, -0.05) is 29.4 Å². The van der Waals surface area contributed by atoms with Crippen molar-refractivity contribution in [3.8, 4) is 11.3 Å². The van der Waals surface area contributed by atoms with Gasteiger partial charge >= 0.3 is 5.69 Å². The van der Waals surface area contributed by atoms with Crippen molar-refractivity contribution in [3.05, 3.63) is 93.7 Å². The first-order valence-electron chi connectivity index (χ1n) is 9.06. The van der Waals surface area contributed by atoms with Gasteiger partial charge in [0.25, 0.3) is 0 Å². The van der Waals surface area contributed by atoms with Gasteiger partial charge in [-0.05, 0) is 36.1 Å². The Hall–Kier alpha value is -3.81. The van der Waals surface area contributed by atoms with Gasteiger partial charge in [0.05, 0.1) is 23.1 Å². The first-order valence-corrected chi connectivity index (χ1v) is 9.06. The quantitative estimate of drug-likeness (QED) is 0.523. The van der Waals surface area contributed by atoms with Gasteiger partial charge < -0.3 is 15.2 Å². The molecular weight excluding hydrogens is 373 g/mol. The molecule has 0 saturated carbocycles. The molecule has 4 rings (SSSR count). The van der Waals surface area contributed by atoms with E-state index < -0.39 is 11.5 Å². The van der Waals surface area contributed by atoms with Crippen molar-refractivity contribution in [3.63, 3.8) is 0 Å². The first kappa shape index (κ1) is 18.5. The molecule has 8 heteroatoms. The van der Waals surface area contributed by atoms with Crippen LogP contribution < -0.4 is 11.4 Å². The summed E-state index contributed by atoms with van der Waals surface area (Å²) in [7, 11) is 0. The van der Waals surface area contributed by atoms with Crippen LogP contribution in [-0.4, -0.2) is 20.1 Å². The van der Waals surface area contributed by atoms with E-state index in [-0.39, 0.29) is 5.69 Å². The summed E-state index contributed by atoms with van der Waals surface area (Å²) in [5, 5.41) is 4.11. The van der Waals surface area contributed by atoms with Crippen LogP contribution >= 0.6 is 0 Å². The number of aromatic amines is 1. The third-order valence-electron chi connectivity index (χ3n) is 4.58. The van der Waals surface area contributed by atoms with E-state index in [1.54, 1.807) is 12.3 Å². The van der Waals surface area contributed by atoms with Crippen LogP contribution in [0.3, 0.4) is 0 Å². The predicted octanol–water partition coefficient (Wildman–Crippen LogP) is 2.92. The van der Waals surface area contributed by atoms with Gasteiger partial charge in [-0.25, -0.2) is 14.2 Å². The highest BCUT2D eigenvalue weighted by Gasteiger charge is 2.11. The number of nitrogens with two attached hydrogens (primary N) is 1. The molecule has 0 aliphatic rings. The molecule has 7 nitrogen and oxygen atoms in total. The Morgan fingerprint density at radius 3 is 2.66 bits per heavy atom. The third kappa shape index (κ3) is 4.37. The minimum Gasteiger partial charge on any atom is -0.383 e. The highest BCUT2D eigenvalue weighted by atomic mass is 19.1. The summed E-state index contributed by atoms with van der Waals surface area (Å²) in [6.45, 7) is 0. The van der Waals surface area contributed by atoms with Gasteiger partial charge in [0.1, 0.15) is 5.82 Å². The second-order valence-corrected chi connectivity index (χ2v) is 6.63.